The molecule has 2 saturated heterocycles. The second-order valence-corrected chi connectivity index (χ2v) is 9.10. The summed E-state index contributed by atoms with van der Waals surface area (Å²) in [6.45, 7) is 6.29. The molecule has 1 atom stereocenters. The maximum atomic E-state index is 15.1. The van der Waals surface area contributed by atoms with E-state index in [1.807, 2.05) is 24.3 Å². The zero-order valence-electron chi connectivity index (χ0n) is 17.8. The molecule has 2 fully saturated rings. The van der Waals surface area contributed by atoms with Gasteiger partial charge in [0.1, 0.15) is 17.3 Å². The number of piperidine rings is 2. The van der Waals surface area contributed by atoms with Crippen molar-refractivity contribution in [3.8, 4) is 0 Å². The maximum absolute atomic E-state index is 15.1. The van der Waals surface area contributed by atoms with Gasteiger partial charge in [0.25, 0.3) is 0 Å². The zero-order chi connectivity index (χ0) is 21.9. The molecule has 2 aliphatic heterocycles. The molecular formula is C22H30FN3O4. The van der Waals surface area contributed by atoms with Gasteiger partial charge in [0.05, 0.1) is 6.42 Å². The van der Waals surface area contributed by atoms with Crippen molar-refractivity contribution in [1.29, 1.82) is 0 Å². The maximum Gasteiger partial charge on any atom is 0.309 e. The lowest BCUT2D eigenvalue weighted by molar-refractivity contribution is -0.158. The first kappa shape index (κ1) is 22.1. The van der Waals surface area contributed by atoms with Crippen molar-refractivity contribution in [3.05, 3.63) is 24.3 Å². The fourth-order valence-electron chi connectivity index (χ4n) is 3.80. The number of hydrogen-bond donors (Lipinski definition) is 2. The van der Waals surface area contributed by atoms with E-state index in [-0.39, 0.29) is 31.1 Å². The number of hydrogen-bond acceptors (Lipinski definition) is 6. The third kappa shape index (κ3) is 5.93. The van der Waals surface area contributed by atoms with Gasteiger partial charge in [-0.2, -0.15) is 0 Å². The van der Waals surface area contributed by atoms with Crippen LogP contribution in [0, 0.1) is 0 Å². The third-order valence-corrected chi connectivity index (χ3v) is 5.33. The molecule has 2 heterocycles. The van der Waals surface area contributed by atoms with Crippen LogP contribution in [0.4, 0.5) is 15.8 Å². The Balaban J connectivity index is 1.57. The van der Waals surface area contributed by atoms with Crippen LogP contribution in [0.15, 0.2) is 24.3 Å². The third-order valence-electron chi connectivity index (χ3n) is 5.33. The molecular weight excluding hydrogens is 389 g/mol. The minimum absolute atomic E-state index is 0.227. The Morgan fingerprint density at radius 2 is 2.00 bits per heavy atom. The van der Waals surface area contributed by atoms with E-state index < -0.39 is 23.3 Å². The number of anilines is 2. The number of esters is 1. The van der Waals surface area contributed by atoms with E-state index in [1.54, 1.807) is 20.8 Å². The number of nitrogens with one attached hydrogen (secondary N) is 2. The van der Waals surface area contributed by atoms with E-state index in [0.717, 1.165) is 11.4 Å². The van der Waals surface area contributed by atoms with Crippen LogP contribution in [0.2, 0.25) is 0 Å². The number of alkyl halides is 1. The second-order valence-electron chi connectivity index (χ2n) is 9.10. The van der Waals surface area contributed by atoms with Gasteiger partial charge in [0, 0.05) is 30.9 Å². The summed E-state index contributed by atoms with van der Waals surface area (Å²) in [6, 6.07) is 7.14. The Hall–Kier alpha value is -2.64. The molecule has 164 valence electrons. The normalized spacial score (nSPS) is 21.7. The van der Waals surface area contributed by atoms with Crippen LogP contribution in [0.25, 0.3) is 0 Å². The lowest BCUT2D eigenvalue weighted by Crippen LogP contribution is -2.47. The van der Waals surface area contributed by atoms with E-state index in [9.17, 15) is 14.4 Å². The first-order chi connectivity index (χ1) is 14.0. The largest absolute Gasteiger partial charge is 0.460 e. The van der Waals surface area contributed by atoms with Gasteiger partial charge < -0.3 is 15.0 Å². The van der Waals surface area contributed by atoms with Gasteiger partial charge in [0.2, 0.25) is 11.8 Å². The molecule has 0 bridgehead atoms. The predicted molar refractivity (Wildman–Crippen MR) is 112 cm³/mol. The van der Waals surface area contributed by atoms with E-state index in [4.69, 9.17) is 4.74 Å². The molecule has 7 nitrogen and oxygen atoms in total. The van der Waals surface area contributed by atoms with Crippen molar-refractivity contribution in [2.75, 3.05) is 23.3 Å². The number of imide groups is 1. The SMILES string of the molecule is CC(C)(C)OC(=O)CC1(F)CCN(c2cccc(NC3CCC(=O)NC3=O)c2)CC1. The fraction of sp³-hybridized carbons (Fsp3) is 0.591. The van der Waals surface area contributed by atoms with Gasteiger partial charge in [-0.25, -0.2) is 4.39 Å². The van der Waals surface area contributed by atoms with Crippen LogP contribution in [0.3, 0.4) is 0 Å². The first-order valence-corrected chi connectivity index (χ1v) is 10.4. The molecule has 8 heteroatoms. The van der Waals surface area contributed by atoms with Crippen molar-refractivity contribution in [2.45, 2.75) is 70.2 Å². The van der Waals surface area contributed by atoms with Gasteiger partial charge in [-0.15, -0.1) is 0 Å². The van der Waals surface area contributed by atoms with Gasteiger partial charge >= 0.3 is 5.97 Å². The molecule has 1 unspecified atom stereocenters. The molecule has 2 amide bonds. The molecule has 3 rings (SSSR count). The number of benzene rings is 1. The van der Waals surface area contributed by atoms with Gasteiger partial charge in [0.15, 0.2) is 0 Å². The fourth-order valence-corrected chi connectivity index (χ4v) is 3.80. The quantitative estimate of drug-likeness (QED) is 0.564. The highest BCUT2D eigenvalue weighted by molar-refractivity contribution is 6.01. The summed E-state index contributed by atoms with van der Waals surface area (Å²) in [4.78, 5) is 37.3. The van der Waals surface area contributed by atoms with Crippen molar-refractivity contribution < 1.29 is 23.5 Å². The molecule has 2 N–H and O–H groups in total. The molecule has 2 aliphatic rings. The van der Waals surface area contributed by atoms with E-state index in [1.165, 1.54) is 0 Å². The molecule has 1 aromatic carbocycles. The summed E-state index contributed by atoms with van der Waals surface area (Å²) >= 11 is 0. The lowest BCUT2D eigenvalue weighted by atomic mass is 9.89. The standard InChI is InChI=1S/C22H30FN3O4/c1-21(2,3)30-19(28)14-22(23)9-11-26(12-10-22)16-6-4-5-15(13-16)24-17-7-8-18(27)25-20(17)29/h4-6,13,17,24H,7-12,14H2,1-3H3,(H,25,27,29). The Kier molecular flexibility index (Phi) is 6.33. The number of halogens is 1. The van der Waals surface area contributed by atoms with Crippen LogP contribution in [-0.2, 0) is 19.1 Å². The van der Waals surface area contributed by atoms with Crippen molar-refractivity contribution in [1.82, 2.24) is 5.32 Å². The van der Waals surface area contributed by atoms with E-state index >= 15 is 4.39 Å². The summed E-state index contributed by atoms with van der Waals surface area (Å²) in [6.07, 6.45) is 1.03. The smallest absolute Gasteiger partial charge is 0.309 e. The predicted octanol–water partition coefficient (Wildman–Crippen LogP) is 2.94. The summed E-state index contributed by atoms with van der Waals surface area (Å²) in [5.74, 6) is -1.07. The Morgan fingerprint density at radius 1 is 1.30 bits per heavy atom. The minimum Gasteiger partial charge on any atom is -0.460 e. The van der Waals surface area contributed by atoms with Crippen LogP contribution in [0.5, 0.6) is 0 Å². The average molecular weight is 419 g/mol. The summed E-state index contributed by atoms with van der Waals surface area (Å²) < 4.78 is 20.4. The van der Waals surface area contributed by atoms with Crippen LogP contribution < -0.4 is 15.5 Å². The van der Waals surface area contributed by atoms with E-state index in [2.05, 4.69) is 15.5 Å². The van der Waals surface area contributed by atoms with Crippen molar-refractivity contribution in [2.24, 2.45) is 0 Å². The summed E-state index contributed by atoms with van der Waals surface area (Å²) in [7, 11) is 0. The average Bonchev–Trinajstić information content (AvgIpc) is 2.63. The Bertz CT molecular complexity index is 813. The molecule has 0 aliphatic carbocycles. The number of carbonyl (C=O) groups is 3. The molecule has 1 aromatic rings. The number of carbonyl (C=O) groups excluding carboxylic acids is 3. The Labute approximate surface area is 176 Å². The molecule has 0 aromatic heterocycles. The first-order valence-electron chi connectivity index (χ1n) is 10.4. The molecule has 0 radical (unpaired) electrons. The van der Waals surface area contributed by atoms with Crippen LogP contribution >= 0.6 is 0 Å². The molecule has 0 saturated carbocycles. The zero-order valence-corrected chi connectivity index (χ0v) is 17.8. The number of nitrogens with zero attached hydrogens (tertiary/aromatic N) is 1. The van der Waals surface area contributed by atoms with Crippen LogP contribution in [-0.4, -0.2) is 48.2 Å². The lowest BCUT2D eigenvalue weighted by Gasteiger charge is -2.37. The minimum atomic E-state index is -1.55. The van der Waals surface area contributed by atoms with Gasteiger partial charge in [-0.1, -0.05) is 6.07 Å². The topological polar surface area (TPSA) is 87.7 Å². The highest BCUT2D eigenvalue weighted by Gasteiger charge is 2.38. The number of ether oxygens (including phenoxy) is 1. The van der Waals surface area contributed by atoms with Gasteiger partial charge in [-0.3, -0.25) is 19.7 Å². The highest BCUT2D eigenvalue weighted by Crippen LogP contribution is 2.34. The molecule has 0 spiro atoms. The van der Waals surface area contributed by atoms with Crippen molar-refractivity contribution >= 4 is 29.2 Å². The van der Waals surface area contributed by atoms with E-state index in [0.29, 0.717) is 25.9 Å². The number of amides is 2. The highest BCUT2D eigenvalue weighted by atomic mass is 19.1. The Morgan fingerprint density at radius 3 is 2.63 bits per heavy atom. The van der Waals surface area contributed by atoms with Crippen LogP contribution in [0.1, 0.15) is 52.9 Å². The monoisotopic (exact) mass is 419 g/mol. The summed E-state index contributed by atoms with van der Waals surface area (Å²) in [5, 5.41) is 5.50. The second kappa shape index (κ2) is 8.62. The molecule has 30 heavy (non-hydrogen) atoms. The summed E-state index contributed by atoms with van der Waals surface area (Å²) in [5.41, 5.74) is -0.481. The van der Waals surface area contributed by atoms with Gasteiger partial charge in [-0.05, 0) is 58.2 Å². The number of rotatable bonds is 5. The van der Waals surface area contributed by atoms with Crippen molar-refractivity contribution in [3.63, 3.8) is 0 Å².